The van der Waals surface area contributed by atoms with Gasteiger partial charge in [0, 0.05) is 54.5 Å². The Morgan fingerprint density at radius 1 is 1.00 bits per heavy atom. The zero-order valence-electron chi connectivity index (χ0n) is 20.5. The Bertz CT molecular complexity index is 1270. The largest absolute Gasteiger partial charge is 0.386 e. The molecule has 1 aromatic heterocycles. The van der Waals surface area contributed by atoms with E-state index in [1.54, 1.807) is 6.20 Å². The molecular formula is C27H31BrN6O2. The van der Waals surface area contributed by atoms with Gasteiger partial charge in [-0.3, -0.25) is 9.59 Å². The van der Waals surface area contributed by atoms with E-state index in [4.69, 9.17) is 0 Å². The lowest BCUT2D eigenvalue weighted by molar-refractivity contribution is 0.0704. The first kappa shape index (κ1) is 24.5. The lowest BCUT2D eigenvalue weighted by Crippen LogP contribution is -2.46. The normalized spacial score (nSPS) is 18.2. The number of anilines is 2. The summed E-state index contributed by atoms with van der Waals surface area (Å²) >= 11 is 3.58. The lowest BCUT2D eigenvalue weighted by Gasteiger charge is -2.35. The highest BCUT2D eigenvalue weighted by atomic mass is 79.9. The van der Waals surface area contributed by atoms with Gasteiger partial charge in [-0.1, -0.05) is 40.2 Å². The summed E-state index contributed by atoms with van der Waals surface area (Å²) in [4.78, 5) is 30.8. The Hall–Kier alpha value is -3.20. The zero-order valence-corrected chi connectivity index (χ0v) is 22.1. The van der Waals surface area contributed by atoms with Gasteiger partial charge in [-0.2, -0.15) is 5.10 Å². The van der Waals surface area contributed by atoms with Crippen LogP contribution in [0.2, 0.25) is 0 Å². The fraction of sp³-hybridized carbons (Fsp3) is 0.407. The molecule has 0 unspecified atom stereocenters. The number of carbonyl (C=O) groups is 2. The van der Waals surface area contributed by atoms with E-state index < -0.39 is 0 Å². The quantitative estimate of drug-likeness (QED) is 0.475. The van der Waals surface area contributed by atoms with E-state index >= 15 is 0 Å². The van der Waals surface area contributed by atoms with Crippen LogP contribution in [0.25, 0.3) is 10.8 Å². The number of rotatable bonds is 5. The minimum atomic E-state index is -0.111. The molecule has 3 aromatic rings. The fourth-order valence-corrected chi connectivity index (χ4v) is 5.67. The van der Waals surface area contributed by atoms with Gasteiger partial charge in [0.2, 0.25) is 0 Å². The van der Waals surface area contributed by atoms with E-state index in [9.17, 15) is 9.59 Å². The van der Waals surface area contributed by atoms with Crippen molar-refractivity contribution in [3.63, 3.8) is 0 Å². The summed E-state index contributed by atoms with van der Waals surface area (Å²) in [5.74, 6) is -0.0650. The third kappa shape index (κ3) is 5.02. The third-order valence-corrected chi connectivity index (χ3v) is 7.53. The molecule has 5 rings (SSSR count). The van der Waals surface area contributed by atoms with E-state index in [1.807, 2.05) is 53.2 Å². The molecule has 0 bridgehead atoms. The number of amides is 2. The molecule has 9 heteroatoms. The van der Waals surface area contributed by atoms with E-state index in [0.29, 0.717) is 24.3 Å². The number of piperidine rings is 2. The van der Waals surface area contributed by atoms with Gasteiger partial charge in [0.15, 0.2) is 5.69 Å². The van der Waals surface area contributed by atoms with Gasteiger partial charge < -0.3 is 20.4 Å². The van der Waals surface area contributed by atoms with E-state index in [-0.39, 0.29) is 17.9 Å². The van der Waals surface area contributed by atoms with Crippen LogP contribution in [0.15, 0.2) is 47.1 Å². The highest BCUT2D eigenvalue weighted by molar-refractivity contribution is 9.10. The van der Waals surface area contributed by atoms with Crippen molar-refractivity contribution >= 4 is 49.9 Å². The van der Waals surface area contributed by atoms with Crippen molar-refractivity contribution in [1.82, 2.24) is 20.0 Å². The molecular weight excluding hydrogens is 520 g/mol. The summed E-state index contributed by atoms with van der Waals surface area (Å²) in [7, 11) is 1.86. The molecule has 0 aliphatic carbocycles. The molecule has 0 spiro atoms. The summed E-state index contributed by atoms with van der Waals surface area (Å²) in [6.45, 7) is 2.77. The summed E-state index contributed by atoms with van der Waals surface area (Å²) in [5.41, 5.74) is 2.68. The summed E-state index contributed by atoms with van der Waals surface area (Å²) in [6, 6.07) is 11.6. The van der Waals surface area contributed by atoms with Crippen LogP contribution in [0.1, 0.15) is 53.0 Å². The second-order valence-electron chi connectivity index (χ2n) is 9.49. The van der Waals surface area contributed by atoms with Crippen LogP contribution in [0, 0.1) is 0 Å². The van der Waals surface area contributed by atoms with Crippen LogP contribution in [0.3, 0.4) is 0 Å². The van der Waals surface area contributed by atoms with Gasteiger partial charge in [-0.05, 0) is 44.2 Å². The van der Waals surface area contributed by atoms with Gasteiger partial charge in [-0.15, -0.1) is 5.10 Å². The molecule has 2 saturated heterocycles. The second-order valence-corrected chi connectivity index (χ2v) is 10.4. The van der Waals surface area contributed by atoms with Crippen LogP contribution in [-0.2, 0) is 0 Å². The highest BCUT2D eigenvalue weighted by Crippen LogP contribution is 2.34. The smallest absolute Gasteiger partial charge is 0.275 e. The molecule has 36 heavy (non-hydrogen) atoms. The molecule has 1 atom stereocenters. The summed E-state index contributed by atoms with van der Waals surface area (Å²) in [5, 5.41) is 16.8. The van der Waals surface area contributed by atoms with Crippen LogP contribution in [-0.4, -0.2) is 71.1 Å². The number of hydrogen-bond acceptors (Lipinski definition) is 6. The number of nitrogens with one attached hydrogen (secondary N) is 2. The van der Waals surface area contributed by atoms with Crippen molar-refractivity contribution in [2.24, 2.45) is 0 Å². The fourth-order valence-electron chi connectivity index (χ4n) is 5.21. The van der Waals surface area contributed by atoms with Gasteiger partial charge in [-0.25, -0.2) is 0 Å². The van der Waals surface area contributed by atoms with Crippen molar-refractivity contribution in [3.05, 3.63) is 58.3 Å². The summed E-state index contributed by atoms with van der Waals surface area (Å²) in [6.07, 6.45) is 6.70. The highest BCUT2D eigenvalue weighted by Gasteiger charge is 2.29. The Morgan fingerprint density at radius 2 is 1.78 bits per heavy atom. The molecule has 188 valence electrons. The standard InChI is InChI=1S/C27H31BrN6O2/c1-29-23-15-19(28)14-22(26(35)33-11-5-2-6-12-33)24(23)31-20-9-7-13-34(17-20)27(36)25-21-10-4-3-8-18(21)16-30-32-25/h3-4,8,10,14-16,20,29,31H,2,5-7,9,11-13,17H2,1H3/t20-/m1/s1. The number of carbonyl (C=O) groups excluding carboxylic acids is 2. The van der Waals surface area contributed by atoms with Crippen LogP contribution >= 0.6 is 15.9 Å². The first-order valence-electron chi connectivity index (χ1n) is 12.6. The maximum atomic E-state index is 13.5. The monoisotopic (exact) mass is 550 g/mol. The van der Waals surface area contributed by atoms with Gasteiger partial charge in [0.1, 0.15) is 0 Å². The van der Waals surface area contributed by atoms with Gasteiger partial charge in [0.05, 0.1) is 23.1 Å². The van der Waals surface area contributed by atoms with Gasteiger partial charge >= 0.3 is 0 Å². The number of nitrogens with zero attached hydrogens (tertiary/aromatic N) is 4. The average molecular weight is 551 g/mol. The summed E-state index contributed by atoms with van der Waals surface area (Å²) < 4.78 is 0.854. The number of halogens is 1. The average Bonchev–Trinajstić information content (AvgIpc) is 2.93. The minimum Gasteiger partial charge on any atom is -0.386 e. The Morgan fingerprint density at radius 3 is 2.58 bits per heavy atom. The number of fused-ring (bicyclic) bond motifs is 1. The van der Waals surface area contributed by atoms with Crippen molar-refractivity contribution in [2.45, 2.75) is 38.1 Å². The molecule has 3 heterocycles. The molecule has 2 N–H and O–H groups in total. The Labute approximate surface area is 219 Å². The molecule has 2 aromatic carbocycles. The number of aromatic nitrogens is 2. The number of hydrogen-bond donors (Lipinski definition) is 2. The van der Waals surface area contributed by atoms with Crippen molar-refractivity contribution in [2.75, 3.05) is 43.9 Å². The topological polar surface area (TPSA) is 90.5 Å². The predicted octanol–water partition coefficient (Wildman–Crippen LogP) is 4.78. The third-order valence-electron chi connectivity index (χ3n) is 7.08. The first-order chi connectivity index (χ1) is 17.5. The molecule has 2 fully saturated rings. The van der Waals surface area contributed by atoms with Crippen molar-refractivity contribution < 1.29 is 9.59 Å². The molecule has 2 amide bonds. The minimum absolute atomic E-state index is 0.00631. The molecule has 2 aliphatic rings. The SMILES string of the molecule is CNc1cc(Br)cc(C(=O)N2CCCCC2)c1N[C@@H]1CCCN(C(=O)c2nncc3ccccc23)C1. The molecule has 0 radical (unpaired) electrons. The lowest BCUT2D eigenvalue weighted by atomic mass is 10.0. The number of benzene rings is 2. The van der Waals surface area contributed by atoms with Crippen LogP contribution < -0.4 is 10.6 Å². The molecule has 0 saturated carbocycles. The molecule has 8 nitrogen and oxygen atoms in total. The zero-order chi connectivity index (χ0) is 25.1. The number of likely N-dealkylation sites (tertiary alicyclic amines) is 2. The van der Waals surface area contributed by atoms with Crippen molar-refractivity contribution in [1.29, 1.82) is 0 Å². The Kier molecular flexibility index (Phi) is 7.36. The van der Waals surface area contributed by atoms with Crippen LogP contribution in [0.4, 0.5) is 11.4 Å². The maximum Gasteiger partial charge on any atom is 0.275 e. The molecule has 2 aliphatic heterocycles. The van der Waals surface area contributed by atoms with E-state index in [1.165, 1.54) is 6.42 Å². The first-order valence-corrected chi connectivity index (χ1v) is 13.4. The van der Waals surface area contributed by atoms with Gasteiger partial charge in [0.25, 0.3) is 11.8 Å². The van der Waals surface area contributed by atoms with E-state index in [0.717, 1.165) is 65.4 Å². The van der Waals surface area contributed by atoms with Crippen LogP contribution in [0.5, 0.6) is 0 Å². The van der Waals surface area contributed by atoms with Crippen molar-refractivity contribution in [3.8, 4) is 0 Å². The van der Waals surface area contributed by atoms with E-state index in [2.05, 4.69) is 36.8 Å². The Balaban J connectivity index is 1.39. The maximum absolute atomic E-state index is 13.5. The second kappa shape index (κ2) is 10.8. The predicted molar refractivity (Wildman–Crippen MR) is 146 cm³/mol.